The van der Waals surface area contributed by atoms with Crippen LogP contribution < -0.4 is 14.8 Å². The average molecular weight is 670 g/mol. The lowest BCUT2D eigenvalue weighted by atomic mass is 9.87. The van der Waals surface area contributed by atoms with Gasteiger partial charge in [0.15, 0.2) is 6.10 Å². The number of alkyl halides is 3. The molecule has 0 aromatic heterocycles. The summed E-state index contributed by atoms with van der Waals surface area (Å²) in [7, 11) is 0. The number of likely N-dealkylation sites (tertiary alicyclic amines) is 1. The number of benzene rings is 3. The third-order valence-corrected chi connectivity index (χ3v) is 8.33. The van der Waals surface area contributed by atoms with E-state index in [1.165, 1.54) is 0 Å². The number of hydrogen-bond donors (Lipinski definition) is 2. The van der Waals surface area contributed by atoms with Gasteiger partial charge in [0, 0.05) is 38.6 Å². The summed E-state index contributed by atoms with van der Waals surface area (Å²) in [6.07, 6.45) is -5.07. The van der Waals surface area contributed by atoms with Gasteiger partial charge in [-0.15, -0.1) is 24.8 Å². The fourth-order valence-electron chi connectivity index (χ4n) is 5.81. The number of carbonyl (C=O) groups is 1. The monoisotopic (exact) mass is 668 g/mol. The summed E-state index contributed by atoms with van der Waals surface area (Å²) < 4.78 is 50.0. The van der Waals surface area contributed by atoms with Gasteiger partial charge in [-0.3, -0.25) is 4.90 Å². The van der Waals surface area contributed by atoms with Gasteiger partial charge in [0.1, 0.15) is 18.1 Å². The van der Waals surface area contributed by atoms with Crippen molar-refractivity contribution < 1.29 is 32.5 Å². The first-order valence-corrected chi connectivity index (χ1v) is 14.7. The van der Waals surface area contributed by atoms with E-state index in [0.29, 0.717) is 43.3 Å². The first kappa shape index (κ1) is 36.5. The van der Waals surface area contributed by atoms with E-state index in [-0.39, 0.29) is 36.6 Å². The maximum Gasteiger partial charge on any atom is 0.416 e. The number of ether oxygens (including phenoxy) is 2. The number of aliphatic carboxylic acids is 1. The summed E-state index contributed by atoms with van der Waals surface area (Å²) in [4.78, 5) is 14.2. The van der Waals surface area contributed by atoms with Crippen molar-refractivity contribution in [2.75, 3.05) is 26.2 Å². The molecule has 2 N–H and O–H groups in total. The highest BCUT2D eigenvalue weighted by Gasteiger charge is 2.55. The summed E-state index contributed by atoms with van der Waals surface area (Å²) in [6.45, 7) is 10.1. The number of nitrogens with one attached hydrogen (secondary N) is 1. The van der Waals surface area contributed by atoms with Crippen LogP contribution in [0.25, 0.3) is 0 Å². The molecule has 246 valence electrons. The third kappa shape index (κ3) is 9.75. The van der Waals surface area contributed by atoms with Crippen molar-refractivity contribution >= 4 is 30.8 Å². The number of piperidine rings is 1. The molecule has 1 saturated heterocycles. The van der Waals surface area contributed by atoms with Crippen molar-refractivity contribution in [2.24, 2.45) is 11.8 Å². The van der Waals surface area contributed by atoms with Gasteiger partial charge in [0.2, 0.25) is 0 Å². The second-order valence-corrected chi connectivity index (χ2v) is 12.6. The van der Waals surface area contributed by atoms with Crippen LogP contribution in [0.4, 0.5) is 13.2 Å². The lowest BCUT2D eigenvalue weighted by Gasteiger charge is -2.20. The SMILES string of the molecule is CC(C)(C)c1ccc(O[C@@H](Cc2ccc(OCCN[C@H]3C4CN(Cc5ccc(C(F)(F)F)cc5)C[C@@H]43)cc2)C(=O)O)cc1.Cl.Cl. The summed E-state index contributed by atoms with van der Waals surface area (Å²) >= 11 is 0. The Kier molecular flexibility index (Phi) is 12.2. The second kappa shape index (κ2) is 15.1. The average Bonchev–Trinajstić information content (AvgIpc) is 3.40. The van der Waals surface area contributed by atoms with Crippen molar-refractivity contribution in [3.63, 3.8) is 0 Å². The van der Waals surface area contributed by atoms with Gasteiger partial charge in [-0.1, -0.05) is 57.2 Å². The van der Waals surface area contributed by atoms with Gasteiger partial charge >= 0.3 is 12.1 Å². The van der Waals surface area contributed by atoms with Crippen LogP contribution in [0.1, 0.15) is 43.0 Å². The Morgan fingerprint density at radius 2 is 1.40 bits per heavy atom. The van der Waals surface area contributed by atoms with E-state index in [4.69, 9.17) is 9.47 Å². The molecule has 1 saturated carbocycles. The van der Waals surface area contributed by atoms with Crippen LogP contribution in [0.2, 0.25) is 0 Å². The lowest BCUT2D eigenvalue weighted by Crippen LogP contribution is -2.33. The van der Waals surface area contributed by atoms with E-state index in [9.17, 15) is 23.1 Å². The van der Waals surface area contributed by atoms with Gasteiger partial charge in [-0.25, -0.2) is 4.79 Å². The molecule has 0 amide bonds. The Morgan fingerprint density at radius 3 is 1.93 bits per heavy atom. The molecule has 3 aromatic carbocycles. The number of fused-ring (bicyclic) bond motifs is 1. The molecule has 1 aliphatic heterocycles. The number of carboxylic acids is 1. The standard InChI is InChI=1S/C34H39F3N2O4.2ClH/c1-33(2,3)24-10-14-27(15-11-24)43-30(32(40)41)18-22-6-12-26(13-7-22)42-17-16-38-31-28-20-39(21-29(28)31)19-23-4-8-25(9-5-23)34(35,36)37;;/h4-15,28-31,38H,16-21H2,1-3H3,(H,40,41);2*1H/t28-,29?,30-,31+;;/m0../s1. The number of carboxylic acid groups (broad SMARTS) is 1. The first-order chi connectivity index (χ1) is 20.4. The smallest absolute Gasteiger partial charge is 0.416 e. The van der Waals surface area contributed by atoms with E-state index in [1.54, 1.807) is 12.1 Å². The van der Waals surface area contributed by atoms with Crippen LogP contribution in [-0.4, -0.2) is 54.4 Å². The summed E-state index contributed by atoms with van der Waals surface area (Å²) in [5, 5.41) is 13.3. The molecular formula is C34H41Cl2F3N2O4. The Bertz CT molecular complexity index is 1370. The number of nitrogens with zero attached hydrogens (tertiary/aromatic N) is 1. The molecule has 3 aromatic rings. The van der Waals surface area contributed by atoms with E-state index in [1.807, 2.05) is 48.5 Å². The molecule has 11 heteroatoms. The number of rotatable bonds is 12. The zero-order valence-corrected chi connectivity index (χ0v) is 27.2. The Morgan fingerprint density at radius 1 is 0.867 bits per heavy atom. The number of hydrogen-bond acceptors (Lipinski definition) is 5. The van der Waals surface area contributed by atoms with Crippen LogP contribution in [0.15, 0.2) is 72.8 Å². The predicted molar refractivity (Wildman–Crippen MR) is 173 cm³/mol. The molecule has 1 heterocycles. The van der Waals surface area contributed by atoms with Crippen LogP contribution in [-0.2, 0) is 29.4 Å². The Balaban J connectivity index is 0.00000276. The minimum absolute atomic E-state index is 0. The molecule has 4 atom stereocenters. The normalized spacial score (nSPS) is 19.9. The highest BCUT2D eigenvalue weighted by atomic mass is 35.5. The first-order valence-electron chi connectivity index (χ1n) is 14.7. The van der Waals surface area contributed by atoms with E-state index in [2.05, 4.69) is 31.0 Å². The van der Waals surface area contributed by atoms with E-state index in [0.717, 1.165) is 47.7 Å². The van der Waals surface area contributed by atoms with Crippen LogP contribution >= 0.6 is 24.8 Å². The van der Waals surface area contributed by atoms with Gasteiger partial charge in [0.25, 0.3) is 0 Å². The number of halogens is 5. The minimum Gasteiger partial charge on any atom is -0.492 e. The quantitative estimate of drug-likeness (QED) is 0.202. The van der Waals surface area contributed by atoms with E-state index < -0.39 is 23.8 Å². The summed E-state index contributed by atoms with van der Waals surface area (Å²) in [6, 6.07) is 20.9. The summed E-state index contributed by atoms with van der Waals surface area (Å²) in [5.41, 5.74) is 2.29. The molecule has 1 unspecified atom stereocenters. The van der Waals surface area contributed by atoms with Gasteiger partial charge in [-0.05, 0) is 70.3 Å². The third-order valence-electron chi connectivity index (χ3n) is 8.33. The highest BCUT2D eigenvalue weighted by Crippen LogP contribution is 2.45. The molecule has 1 aliphatic carbocycles. The van der Waals surface area contributed by atoms with Crippen molar-refractivity contribution in [1.29, 1.82) is 0 Å². The molecule has 5 rings (SSSR count). The maximum atomic E-state index is 12.8. The predicted octanol–water partition coefficient (Wildman–Crippen LogP) is 7.02. The molecule has 0 spiro atoms. The van der Waals surface area contributed by atoms with Crippen LogP contribution in [0.3, 0.4) is 0 Å². The molecule has 2 aliphatic rings. The molecular weight excluding hydrogens is 628 g/mol. The van der Waals surface area contributed by atoms with Gasteiger partial charge in [0.05, 0.1) is 5.56 Å². The van der Waals surface area contributed by atoms with Crippen molar-refractivity contribution in [1.82, 2.24) is 10.2 Å². The second-order valence-electron chi connectivity index (χ2n) is 12.6. The Labute approximate surface area is 275 Å². The van der Waals surface area contributed by atoms with Crippen LogP contribution in [0.5, 0.6) is 11.5 Å². The topological polar surface area (TPSA) is 71.0 Å². The molecule has 2 fully saturated rings. The fraction of sp³-hybridized carbons (Fsp3) is 0.441. The largest absolute Gasteiger partial charge is 0.492 e. The van der Waals surface area contributed by atoms with Gasteiger partial charge < -0.3 is 19.9 Å². The zero-order chi connectivity index (χ0) is 30.8. The lowest BCUT2D eigenvalue weighted by molar-refractivity contribution is -0.145. The fourth-order valence-corrected chi connectivity index (χ4v) is 5.81. The van der Waals surface area contributed by atoms with Gasteiger partial charge in [-0.2, -0.15) is 13.2 Å². The van der Waals surface area contributed by atoms with Crippen LogP contribution in [0, 0.1) is 11.8 Å². The minimum atomic E-state index is -4.30. The maximum absolute atomic E-state index is 12.8. The van der Waals surface area contributed by atoms with Crippen molar-refractivity contribution in [2.45, 2.75) is 57.5 Å². The molecule has 6 nitrogen and oxygen atoms in total. The molecule has 0 radical (unpaired) electrons. The van der Waals surface area contributed by atoms with Crippen molar-refractivity contribution in [3.05, 3.63) is 95.1 Å². The van der Waals surface area contributed by atoms with E-state index >= 15 is 0 Å². The van der Waals surface area contributed by atoms with Crippen molar-refractivity contribution in [3.8, 4) is 11.5 Å². The molecule has 0 bridgehead atoms. The summed E-state index contributed by atoms with van der Waals surface area (Å²) in [5.74, 6) is 1.36. The molecule has 45 heavy (non-hydrogen) atoms. The zero-order valence-electron chi connectivity index (χ0n) is 25.5. The highest BCUT2D eigenvalue weighted by molar-refractivity contribution is 5.85. The Hall–Kier alpha value is -2.98.